The second-order valence-corrected chi connectivity index (χ2v) is 15.7. The molecule has 4 atom stereocenters. The maximum Gasteiger partial charge on any atom is 0.326 e. The second-order valence-electron chi connectivity index (χ2n) is 14.9. The average Bonchev–Trinajstić information content (AvgIpc) is 3.98. The molecule has 6 aromatic rings. The monoisotopic (exact) mass is 903 g/mol. The highest BCUT2D eigenvalue weighted by Gasteiger charge is 2.44. The summed E-state index contributed by atoms with van der Waals surface area (Å²) in [5.74, 6) is -1.35. The van der Waals surface area contributed by atoms with E-state index in [1.807, 2.05) is 54.6 Å². The molecule has 2 aliphatic heterocycles. The molecule has 0 bridgehead atoms. The van der Waals surface area contributed by atoms with Crippen molar-refractivity contribution in [3.05, 3.63) is 154 Å². The first-order chi connectivity index (χ1) is 31.0. The van der Waals surface area contributed by atoms with Gasteiger partial charge in [0.2, 0.25) is 0 Å². The number of amides is 2. The highest BCUT2D eigenvalue weighted by atomic mass is 35.5. The van der Waals surface area contributed by atoms with Crippen molar-refractivity contribution in [3.63, 3.8) is 0 Å². The molecular formula is C48H43Cl2N5O9. The zero-order chi connectivity index (χ0) is 45.5. The lowest BCUT2D eigenvalue weighted by molar-refractivity contribution is -0.142. The van der Waals surface area contributed by atoms with Crippen LogP contribution in [0.3, 0.4) is 0 Å². The van der Waals surface area contributed by atoms with E-state index in [-0.39, 0.29) is 11.5 Å². The predicted octanol–water partition coefficient (Wildman–Crippen LogP) is 9.09. The molecule has 16 heteroatoms. The van der Waals surface area contributed by atoms with Gasteiger partial charge in [0, 0.05) is 32.9 Å². The Morgan fingerprint density at radius 3 is 1.62 bits per heavy atom. The van der Waals surface area contributed by atoms with Gasteiger partial charge in [-0.1, -0.05) is 83.9 Å². The van der Waals surface area contributed by atoms with Gasteiger partial charge in [0.25, 0.3) is 11.8 Å². The largest absolute Gasteiger partial charge is 0.496 e. The van der Waals surface area contributed by atoms with Crippen LogP contribution in [0.2, 0.25) is 10.0 Å². The highest BCUT2D eigenvalue weighted by Crippen LogP contribution is 2.43. The topological polar surface area (TPSA) is 182 Å². The number of benzene rings is 4. The molecule has 0 spiro atoms. The molecule has 2 N–H and O–H groups in total. The number of carboxylic acids is 2. The number of carbonyl (C=O) groups is 4. The van der Waals surface area contributed by atoms with Crippen LogP contribution in [0, 0.1) is 0 Å². The van der Waals surface area contributed by atoms with Crippen molar-refractivity contribution in [1.29, 1.82) is 0 Å². The van der Waals surface area contributed by atoms with Crippen LogP contribution in [0.1, 0.15) is 69.6 Å². The van der Waals surface area contributed by atoms with E-state index in [2.05, 4.69) is 15.0 Å². The van der Waals surface area contributed by atoms with E-state index in [0.717, 1.165) is 22.3 Å². The van der Waals surface area contributed by atoms with Crippen LogP contribution >= 0.6 is 23.2 Å². The summed E-state index contributed by atoms with van der Waals surface area (Å²) in [6.07, 6.45) is 6.16. The minimum absolute atomic E-state index is 0.232. The van der Waals surface area contributed by atoms with Crippen LogP contribution in [0.15, 0.2) is 122 Å². The number of aromatic nitrogens is 3. The van der Waals surface area contributed by atoms with Crippen molar-refractivity contribution in [1.82, 2.24) is 24.8 Å². The standard InChI is InChI=1S/C25H23ClN2O5.C23H20ClN3O4/c1-32-21-10-6-4-8-17(21)23-22(33-2)13-15(14-27-23)24(29)28-19(11-12-20(28)25(30)31)16-7-3-5-9-18(16)26;1-31-20-12-25-13-26-21(20)14-6-8-15(9-7-14)22(28)27-18(10-11-19(27)23(29)30)16-4-2-3-5-17(16)24/h3-10,13-14,19-20H,11-12H2,1-2H3,(H,30,31);2-9,12-13,18-19H,10-11H2,1H3,(H,29,30)/t19-,20+;18-,19+/m11/s1. The maximum absolute atomic E-state index is 13.6. The predicted molar refractivity (Wildman–Crippen MR) is 239 cm³/mol. The lowest BCUT2D eigenvalue weighted by atomic mass is 10.0. The summed E-state index contributed by atoms with van der Waals surface area (Å²) in [6.45, 7) is 0. The third-order valence-corrected chi connectivity index (χ3v) is 12.0. The normalized spacial score (nSPS) is 17.8. The summed E-state index contributed by atoms with van der Waals surface area (Å²) in [4.78, 5) is 66.3. The van der Waals surface area contributed by atoms with Crippen LogP contribution in [0.4, 0.5) is 0 Å². The van der Waals surface area contributed by atoms with Gasteiger partial charge in [0.1, 0.15) is 41.3 Å². The minimum atomic E-state index is -1.05. The van der Waals surface area contributed by atoms with E-state index in [1.165, 1.54) is 36.5 Å². The van der Waals surface area contributed by atoms with E-state index in [1.54, 1.807) is 61.8 Å². The van der Waals surface area contributed by atoms with E-state index >= 15 is 0 Å². The fraction of sp³-hybridized carbons (Fsp3) is 0.229. The lowest BCUT2D eigenvalue weighted by Gasteiger charge is -2.29. The Morgan fingerprint density at radius 1 is 0.578 bits per heavy atom. The Labute approximate surface area is 379 Å². The number of hydrogen-bond acceptors (Lipinski definition) is 10. The smallest absolute Gasteiger partial charge is 0.326 e. The number of para-hydroxylation sites is 1. The van der Waals surface area contributed by atoms with Crippen molar-refractivity contribution in [3.8, 4) is 39.8 Å². The molecule has 4 aromatic carbocycles. The van der Waals surface area contributed by atoms with Gasteiger partial charge in [-0.15, -0.1) is 0 Å². The maximum atomic E-state index is 13.6. The van der Waals surface area contributed by atoms with Crippen LogP contribution in [0.25, 0.3) is 22.5 Å². The Morgan fingerprint density at radius 2 is 1.09 bits per heavy atom. The van der Waals surface area contributed by atoms with Gasteiger partial charge in [-0.05, 0) is 79.3 Å². The summed E-state index contributed by atoms with van der Waals surface area (Å²) in [7, 11) is 4.60. The number of rotatable bonds is 11. The van der Waals surface area contributed by atoms with Crippen LogP contribution in [-0.4, -0.2) is 92.1 Å². The molecular weight excluding hydrogens is 861 g/mol. The molecule has 64 heavy (non-hydrogen) atoms. The lowest BCUT2D eigenvalue weighted by Crippen LogP contribution is -2.42. The zero-order valence-corrected chi connectivity index (χ0v) is 36.4. The number of nitrogens with zero attached hydrogens (tertiary/aromatic N) is 5. The number of ether oxygens (including phenoxy) is 3. The van der Waals surface area contributed by atoms with Gasteiger partial charge in [-0.2, -0.15) is 0 Å². The summed E-state index contributed by atoms with van der Waals surface area (Å²) < 4.78 is 16.3. The third kappa shape index (κ3) is 9.19. The van der Waals surface area contributed by atoms with E-state index in [9.17, 15) is 29.4 Å². The van der Waals surface area contributed by atoms with Gasteiger partial charge in [0.05, 0.1) is 45.2 Å². The molecule has 2 aliphatic rings. The molecule has 0 unspecified atom stereocenters. The molecule has 328 valence electrons. The van der Waals surface area contributed by atoms with Crippen molar-refractivity contribution >= 4 is 47.0 Å². The first-order valence-corrected chi connectivity index (χ1v) is 20.9. The summed E-state index contributed by atoms with van der Waals surface area (Å²) in [5.41, 5.74) is 4.70. The van der Waals surface area contributed by atoms with Crippen molar-refractivity contribution in [2.75, 3.05) is 21.3 Å². The Balaban J connectivity index is 0.000000192. The first-order valence-electron chi connectivity index (χ1n) is 20.2. The molecule has 14 nitrogen and oxygen atoms in total. The fourth-order valence-electron chi connectivity index (χ4n) is 8.29. The molecule has 2 saturated heterocycles. The molecule has 0 aliphatic carbocycles. The number of pyridine rings is 1. The van der Waals surface area contributed by atoms with Crippen LogP contribution in [-0.2, 0) is 9.59 Å². The Hall–Kier alpha value is -7.03. The van der Waals surface area contributed by atoms with Crippen molar-refractivity contribution in [2.45, 2.75) is 49.9 Å². The molecule has 4 heterocycles. The summed E-state index contributed by atoms with van der Waals surface area (Å²) in [6, 6.07) is 27.5. The fourth-order valence-corrected chi connectivity index (χ4v) is 8.81. The average molecular weight is 905 g/mol. The highest BCUT2D eigenvalue weighted by molar-refractivity contribution is 6.31. The van der Waals surface area contributed by atoms with Crippen LogP contribution in [0.5, 0.6) is 17.2 Å². The van der Waals surface area contributed by atoms with Crippen molar-refractivity contribution < 1.29 is 43.6 Å². The van der Waals surface area contributed by atoms with E-state index < -0.39 is 42.0 Å². The molecule has 2 aromatic heterocycles. The number of carbonyl (C=O) groups excluding carboxylic acids is 2. The van der Waals surface area contributed by atoms with Gasteiger partial charge in [0.15, 0.2) is 5.75 Å². The van der Waals surface area contributed by atoms with E-state index in [4.69, 9.17) is 37.4 Å². The first kappa shape index (κ1) is 45.0. The number of hydrogen-bond donors (Lipinski definition) is 2. The summed E-state index contributed by atoms with van der Waals surface area (Å²) in [5, 5.41) is 20.5. The molecule has 2 amide bonds. The van der Waals surface area contributed by atoms with Gasteiger partial charge in [-0.3, -0.25) is 14.6 Å². The molecule has 2 fully saturated rings. The van der Waals surface area contributed by atoms with Crippen molar-refractivity contribution in [2.24, 2.45) is 0 Å². The quantitative estimate of drug-likeness (QED) is 0.126. The van der Waals surface area contributed by atoms with Gasteiger partial charge in [-0.25, -0.2) is 19.6 Å². The number of carboxylic acid groups (broad SMARTS) is 2. The van der Waals surface area contributed by atoms with Gasteiger partial charge >= 0.3 is 11.9 Å². The SMILES string of the molecule is COc1ccccc1-c1ncc(C(=O)N2[C@@H](c3ccccc3Cl)CC[C@H]2C(=O)O)cc1OC.COc1cncnc1-c1ccc(C(=O)N2[C@@H](c3ccccc3Cl)CC[C@H]2C(=O)O)cc1. The Kier molecular flexibility index (Phi) is 14.1. The molecule has 0 radical (unpaired) electrons. The van der Waals surface area contributed by atoms with Gasteiger partial charge < -0.3 is 34.2 Å². The zero-order valence-electron chi connectivity index (χ0n) is 34.9. The van der Waals surface area contributed by atoms with Crippen LogP contribution < -0.4 is 14.2 Å². The number of aliphatic carboxylic acids is 2. The Bertz CT molecular complexity index is 2680. The number of methoxy groups -OCH3 is 3. The third-order valence-electron chi connectivity index (χ3n) is 11.3. The molecule has 8 rings (SSSR count). The number of likely N-dealkylation sites (tertiary alicyclic amines) is 2. The minimum Gasteiger partial charge on any atom is -0.496 e. The second kappa shape index (κ2) is 20.0. The van der Waals surface area contributed by atoms with E-state index in [0.29, 0.717) is 69.9 Å². The molecule has 0 saturated carbocycles. The number of halogens is 2. The summed E-state index contributed by atoms with van der Waals surface area (Å²) >= 11 is 12.7.